The molecule has 2 aliphatic heterocycles. The Labute approximate surface area is 231 Å². The molecule has 1 N–H and O–H groups in total. The fraction of sp³-hybridized carbons (Fsp3) is 0.520. The predicted octanol–water partition coefficient (Wildman–Crippen LogP) is 3.06. The Morgan fingerprint density at radius 1 is 1.11 bits per heavy atom. The number of piperazine rings is 1. The molecule has 1 aromatic carbocycles. The summed E-state index contributed by atoms with van der Waals surface area (Å²) >= 11 is 13.5. The number of aromatic nitrogens is 2. The van der Waals surface area contributed by atoms with Gasteiger partial charge in [0.25, 0.3) is 5.91 Å². The number of nitrogens with zero attached hydrogens (tertiary/aromatic N) is 5. The van der Waals surface area contributed by atoms with E-state index in [-0.39, 0.29) is 23.6 Å². The number of ether oxygens (including phenoxy) is 1. The average molecular weight is 568 g/mol. The van der Waals surface area contributed by atoms with Crippen LogP contribution >= 0.6 is 35.0 Å². The summed E-state index contributed by atoms with van der Waals surface area (Å²) in [6, 6.07) is 8.65. The zero-order valence-corrected chi connectivity index (χ0v) is 23.2. The number of thioether (sulfide) groups is 1. The van der Waals surface area contributed by atoms with Crippen LogP contribution in [0.3, 0.4) is 0 Å². The van der Waals surface area contributed by atoms with Crippen LogP contribution in [0, 0.1) is 0 Å². The Balaban J connectivity index is 1.25. The van der Waals surface area contributed by atoms with Crippen LogP contribution in [-0.2, 0) is 9.53 Å². The predicted molar refractivity (Wildman–Crippen MR) is 147 cm³/mol. The summed E-state index contributed by atoms with van der Waals surface area (Å²) in [5, 5.41) is 4.34. The van der Waals surface area contributed by atoms with Crippen LogP contribution in [0.2, 0.25) is 10.2 Å². The van der Waals surface area contributed by atoms with Gasteiger partial charge in [-0.2, -0.15) is 0 Å². The van der Waals surface area contributed by atoms with Crippen LogP contribution in [0.1, 0.15) is 23.7 Å². The molecule has 2 saturated heterocycles. The van der Waals surface area contributed by atoms with Crippen molar-refractivity contribution in [1.82, 2.24) is 25.1 Å². The summed E-state index contributed by atoms with van der Waals surface area (Å²) in [4.78, 5) is 40.5. The average Bonchev–Trinajstić information content (AvgIpc) is 2.90. The van der Waals surface area contributed by atoms with Crippen LogP contribution in [0.5, 0.6) is 0 Å². The van der Waals surface area contributed by atoms with Gasteiger partial charge < -0.3 is 19.9 Å². The molecule has 200 valence electrons. The van der Waals surface area contributed by atoms with Gasteiger partial charge in [0.1, 0.15) is 11.0 Å². The summed E-state index contributed by atoms with van der Waals surface area (Å²) in [6.45, 7) is 8.84. The minimum absolute atomic E-state index is 0.0169. The number of benzene rings is 1. The molecule has 3 heterocycles. The van der Waals surface area contributed by atoms with E-state index in [4.69, 9.17) is 27.9 Å². The van der Waals surface area contributed by atoms with E-state index in [9.17, 15) is 9.59 Å². The Bertz CT molecular complexity index is 1070. The number of amides is 2. The Morgan fingerprint density at radius 2 is 1.86 bits per heavy atom. The minimum Gasteiger partial charge on any atom is -0.379 e. The lowest BCUT2D eigenvalue weighted by Crippen LogP contribution is -2.54. The zero-order valence-electron chi connectivity index (χ0n) is 20.9. The number of hydrogen-bond acceptors (Lipinski definition) is 8. The molecule has 1 atom stereocenters. The van der Waals surface area contributed by atoms with E-state index < -0.39 is 0 Å². The van der Waals surface area contributed by atoms with E-state index in [1.54, 1.807) is 30.3 Å². The Morgan fingerprint density at radius 3 is 2.59 bits per heavy atom. The monoisotopic (exact) mass is 566 g/mol. The molecular formula is C25H32Cl2N6O3S. The van der Waals surface area contributed by atoms with E-state index in [1.165, 1.54) is 11.8 Å². The minimum atomic E-state index is -0.0555. The second-order valence-corrected chi connectivity index (χ2v) is 10.8. The van der Waals surface area contributed by atoms with Gasteiger partial charge in [-0.15, -0.1) is 0 Å². The van der Waals surface area contributed by atoms with E-state index in [2.05, 4.69) is 25.1 Å². The molecule has 0 saturated carbocycles. The van der Waals surface area contributed by atoms with E-state index in [0.29, 0.717) is 52.9 Å². The van der Waals surface area contributed by atoms with Gasteiger partial charge in [0.05, 0.1) is 19.0 Å². The quantitative estimate of drug-likeness (QED) is 0.214. The van der Waals surface area contributed by atoms with Gasteiger partial charge >= 0.3 is 0 Å². The largest absolute Gasteiger partial charge is 0.379 e. The maximum Gasteiger partial charge on any atom is 0.254 e. The third kappa shape index (κ3) is 8.19. The van der Waals surface area contributed by atoms with Gasteiger partial charge in [-0.3, -0.25) is 14.5 Å². The number of carbonyl (C=O) groups excluding carboxylic acids is 2. The second-order valence-electron chi connectivity index (χ2n) is 9.08. The van der Waals surface area contributed by atoms with Crippen molar-refractivity contribution in [1.29, 1.82) is 0 Å². The highest BCUT2D eigenvalue weighted by atomic mass is 35.5. The summed E-state index contributed by atoms with van der Waals surface area (Å²) in [7, 11) is 0. The fourth-order valence-corrected chi connectivity index (χ4v) is 5.41. The molecule has 2 amide bonds. The van der Waals surface area contributed by atoms with E-state index in [1.807, 2.05) is 11.8 Å². The third-order valence-corrected chi connectivity index (χ3v) is 7.67. The lowest BCUT2D eigenvalue weighted by Gasteiger charge is -2.40. The maximum atomic E-state index is 13.0. The van der Waals surface area contributed by atoms with Crippen molar-refractivity contribution in [3.05, 3.63) is 46.1 Å². The first-order valence-corrected chi connectivity index (χ1v) is 14.2. The van der Waals surface area contributed by atoms with Crippen molar-refractivity contribution in [2.24, 2.45) is 0 Å². The lowest BCUT2D eigenvalue weighted by molar-refractivity contribution is -0.118. The molecule has 0 bridgehead atoms. The first kappa shape index (κ1) is 27.9. The number of anilines is 1. The lowest BCUT2D eigenvalue weighted by atomic mass is 10.1. The van der Waals surface area contributed by atoms with Crippen LogP contribution in [0.25, 0.3) is 0 Å². The highest BCUT2D eigenvalue weighted by molar-refractivity contribution is 7.99. The van der Waals surface area contributed by atoms with Crippen LogP contribution in [0.4, 0.5) is 5.82 Å². The summed E-state index contributed by atoms with van der Waals surface area (Å²) in [6.07, 6.45) is 0.902. The van der Waals surface area contributed by atoms with Crippen molar-refractivity contribution >= 4 is 52.6 Å². The second kappa shape index (κ2) is 13.6. The van der Waals surface area contributed by atoms with Crippen molar-refractivity contribution in [3.63, 3.8) is 0 Å². The number of carbonyl (C=O) groups is 2. The molecule has 12 heteroatoms. The first-order chi connectivity index (χ1) is 17.9. The molecule has 1 aromatic heterocycles. The molecule has 37 heavy (non-hydrogen) atoms. The van der Waals surface area contributed by atoms with Crippen molar-refractivity contribution < 1.29 is 14.3 Å². The van der Waals surface area contributed by atoms with Gasteiger partial charge in [0, 0.05) is 62.0 Å². The zero-order chi connectivity index (χ0) is 26.2. The number of morpholine rings is 1. The highest BCUT2D eigenvalue weighted by Crippen LogP contribution is 2.25. The van der Waals surface area contributed by atoms with Gasteiger partial charge in [-0.05, 0) is 44.2 Å². The van der Waals surface area contributed by atoms with Gasteiger partial charge in [-0.1, -0.05) is 35.0 Å². The van der Waals surface area contributed by atoms with Gasteiger partial charge in [-0.25, -0.2) is 9.97 Å². The number of hydrogen-bond donors (Lipinski definition) is 1. The van der Waals surface area contributed by atoms with Crippen LogP contribution in [0.15, 0.2) is 35.5 Å². The SMILES string of the molecule is CC1CN(c2cc(Cl)nc(SCC(=O)NCCCN3CCOCC3)n2)CCN1C(=O)c1ccc(Cl)cc1. The summed E-state index contributed by atoms with van der Waals surface area (Å²) in [5.41, 5.74) is 0.618. The van der Waals surface area contributed by atoms with Crippen LogP contribution < -0.4 is 10.2 Å². The topological polar surface area (TPSA) is 90.9 Å². The molecule has 1 unspecified atom stereocenters. The van der Waals surface area contributed by atoms with Crippen molar-refractivity contribution in [2.75, 3.05) is 69.7 Å². The number of halogens is 2. The maximum absolute atomic E-state index is 13.0. The number of nitrogens with one attached hydrogen (secondary N) is 1. The molecule has 4 rings (SSSR count). The van der Waals surface area contributed by atoms with Crippen molar-refractivity contribution in [3.8, 4) is 0 Å². The summed E-state index contributed by atoms with van der Waals surface area (Å²) < 4.78 is 5.36. The Kier molecular flexibility index (Phi) is 10.3. The van der Waals surface area contributed by atoms with E-state index >= 15 is 0 Å². The van der Waals surface area contributed by atoms with E-state index in [0.717, 1.165) is 39.3 Å². The molecule has 2 fully saturated rings. The molecule has 9 nitrogen and oxygen atoms in total. The third-order valence-electron chi connectivity index (χ3n) is 6.37. The molecule has 2 aromatic rings. The molecular weight excluding hydrogens is 535 g/mol. The van der Waals surface area contributed by atoms with Crippen LogP contribution in [-0.4, -0.2) is 102 Å². The highest BCUT2D eigenvalue weighted by Gasteiger charge is 2.29. The molecule has 0 spiro atoms. The fourth-order valence-electron chi connectivity index (χ4n) is 4.37. The number of rotatable bonds is 9. The first-order valence-electron chi connectivity index (χ1n) is 12.4. The normalized spacial score (nSPS) is 18.6. The summed E-state index contributed by atoms with van der Waals surface area (Å²) in [5.74, 6) is 0.840. The molecule has 0 radical (unpaired) electrons. The van der Waals surface area contributed by atoms with Crippen molar-refractivity contribution in [2.45, 2.75) is 24.5 Å². The molecule has 0 aliphatic carbocycles. The Hall–Kier alpha value is -2.11. The smallest absolute Gasteiger partial charge is 0.254 e. The standard InChI is InChI=1S/C25H32Cl2N6O3S/c1-18-16-32(9-10-33(18)24(35)19-3-5-20(26)6-4-19)22-15-21(27)29-25(30-22)37-17-23(34)28-7-2-8-31-11-13-36-14-12-31/h3-6,15,18H,2,7-14,16-17H2,1H3,(H,28,34). The van der Waals surface area contributed by atoms with Gasteiger partial charge in [0.15, 0.2) is 5.16 Å². The molecule has 2 aliphatic rings. The van der Waals surface area contributed by atoms with Gasteiger partial charge in [0.2, 0.25) is 5.91 Å².